The SMILES string of the molecule is NCC1CCNCCCO1. The summed E-state index contributed by atoms with van der Waals surface area (Å²) in [5, 5.41) is 3.32. The molecule has 3 N–H and O–H groups in total. The molecule has 1 atom stereocenters. The Kier molecular flexibility index (Phi) is 3.72. The molecular weight excluding hydrogens is 128 g/mol. The van der Waals surface area contributed by atoms with Crippen LogP contribution >= 0.6 is 0 Å². The van der Waals surface area contributed by atoms with Crippen molar-refractivity contribution in [3.8, 4) is 0 Å². The van der Waals surface area contributed by atoms with Crippen molar-refractivity contribution in [3.05, 3.63) is 0 Å². The van der Waals surface area contributed by atoms with E-state index in [1.165, 1.54) is 0 Å². The van der Waals surface area contributed by atoms with E-state index in [4.69, 9.17) is 10.5 Å². The van der Waals surface area contributed by atoms with Crippen LogP contribution in [0.3, 0.4) is 0 Å². The van der Waals surface area contributed by atoms with Crippen LogP contribution in [-0.4, -0.2) is 32.3 Å². The molecule has 0 aromatic carbocycles. The van der Waals surface area contributed by atoms with Crippen molar-refractivity contribution < 1.29 is 4.74 Å². The van der Waals surface area contributed by atoms with Gasteiger partial charge in [-0.3, -0.25) is 0 Å². The van der Waals surface area contributed by atoms with Gasteiger partial charge >= 0.3 is 0 Å². The largest absolute Gasteiger partial charge is 0.377 e. The summed E-state index contributed by atoms with van der Waals surface area (Å²) in [6.45, 7) is 3.63. The summed E-state index contributed by atoms with van der Waals surface area (Å²) in [5.74, 6) is 0. The third-order valence-electron chi connectivity index (χ3n) is 1.76. The lowest BCUT2D eigenvalue weighted by atomic mass is 10.2. The van der Waals surface area contributed by atoms with Crippen LogP contribution in [0.15, 0.2) is 0 Å². The Morgan fingerprint density at radius 1 is 1.50 bits per heavy atom. The molecule has 10 heavy (non-hydrogen) atoms. The molecule has 1 rings (SSSR count). The minimum absolute atomic E-state index is 0.285. The molecule has 1 heterocycles. The van der Waals surface area contributed by atoms with E-state index in [9.17, 15) is 0 Å². The molecular formula is C7H16N2O. The normalized spacial score (nSPS) is 29.1. The fourth-order valence-electron chi connectivity index (χ4n) is 1.10. The molecule has 1 saturated heterocycles. The predicted molar refractivity (Wildman–Crippen MR) is 40.9 cm³/mol. The summed E-state index contributed by atoms with van der Waals surface area (Å²) < 4.78 is 5.47. The first-order valence-corrected chi connectivity index (χ1v) is 3.96. The summed E-state index contributed by atoms with van der Waals surface area (Å²) in [7, 11) is 0. The molecule has 0 bridgehead atoms. The molecule has 60 valence electrons. The van der Waals surface area contributed by atoms with Gasteiger partial charge in [0.25, 0.3) is 0 Å². The average molecular weight is 144 g/mol. The maximum absolute atomic E-state index is 5.47. The predicted octanol–water partition coefficient (Wildman–Crippen LogP) is -0.286. The summed E-state index contributed by atoms with van der Waals surface area (Å²) in [4.78, 5) is 0. The zero-order chi connectivity index (χ0) is 7.23. The standard InChI is InChI=1S/C7H16N2O/c8-6-7-2-4-9-3-1-5-10-7/h7,9H,1-6,8H2. The Balaban J connectivity index is 2.16. The van der Waals surface area contributed by atoms with Gasteiger partial charge in [0.1, 0.15) is 0 Å². The lowest BCUT2D eigenvalue weighted by molar-refractivity contribution is 0.0450. The van der Waals surface area contributed by atoms with Crippen LogP contribution in [0, 0.1) is 0 Å². The number of hydrogen-bond acceptors (Lipinski definition) is 3. The second-order valence-corrected chi connectivity index (χ2v) is 2.62. The van der Waals surface area contributed by atoms with Gasteiger partial charge in [0.2, 0.25) is 0 Å². The highest BCUT2D eigenvalue weighted by Gasteiger charge is 2.07. The van der Waals surface area contributed by atoms with Crippen LogP contribution in [-0.2, 0) is 4.74 Å². The Labute approximate surface area is 61.9 Å². The lowest BCUT2D eigenvalue weighted by Gasteiger charge is -2.19. The van der Waals surface area contributed by atoms with Crippen molar-refractivity contribution in [2.24, 2.45) is 5.73 Å². The average Bonchev–Trinajstić information content (AvgIpc) is 1.87. The quantitative estimate of drug-likeness (QED) is 0.532. The molecule has 1 fully saturated rings. The van der Waals surface area contributed by atoms with Gasteiger partial charge in [-0.1, -0.05) is 0 Å². The van der Waals surface area contributed by atoms with Crippen LogP contribution in [0.1, 0.15) is 12.8 Å². The van der Waals surface area contributed by atoms with E-state index in [-0.39, 0.29) is 6.10 Å². The molecule has 0 amide bonds. The molecule has 0 spiro atoms. The van der Waals surface area contributed by atoms with Gasteiger partial charge in [0.15, 0.2) is 0 Å². The smallest absolute Gasteiger partial charge is 0.0709 e. The van der Waals surface area contributed by atoms with Crippen molar-refractivity contribution in [1.29, 1.82) is 0 Å². The lowest BCUT2D eigenvalue weighted by Crippen LogP contribution is -2.32. The highest BCUT2D eigenvalue weighted by Crippen LogP contribution is 1.99. The van der Waals surface area contributed by atoms with Crippen LogP contribution in [0.4, 0.5) is 0 Å². The summed E-state index contributed by atoms with van der Waals surface area (Å²) in [6, 6.07) is 0. The van der Waals surface area contributed by atoms with Crippen molar-refractivity contribution >= 4 is 0 Å². The first-order chi connectivity index (χ1) is 4.93. The highest BCUT2D eigenvalue weighted by molar-refractivity contribution is 4.63. The van der Waals surface area contributed by atoms with E-state index in [0.29, 0.717) is 6.54 Å². The number of rotatable bonds is 1. The fraction of sp³-hybridized carbons (Fsp3) is 1.00. The zero-order valence-electron chi connectivity index (χ0n) is 6.31. The maximum Gasteiger partial charge on any atom is 0.0709 e. The molecule has 0 saturated carbocycles. The summed E-state index contributed by atoms with van der Waals surface area (Å²) in [6.07, 6.45) is 2.44. The third-order valence-corrected chi connectivity index (χ3v) is 1.76. The first kappa shape index (κ1) is 7.98. The highest BCUT2D eigenvalue weighted by atomic mass is 16.5. The van der Waals surface area contributed by atoms with Gasteiger partial charge in [-0.15, -0.1) is 0 Å². The molecule has 0 aromatic rings. The van der Waals surface area contributed by atoms with Crippen molar-refractivity contribution in [2.45, 2.75) is 18.9 Å². The molecule has 1 aliphatic heterocycles. The van der Waals surface area contributed by atoms with Gasteiger partial charge in [0, 0.05) is 13.2 Å². The Morgan fingerprint density at radius 3 is 3.20 bits per heavy atom. The molecule has 0 aromatic heterocycles. The van der Waals surface area contributed by atoms with E-state index in [1.54, 1.807) is 0 Å². The molecule has 3 nitrogen and oxygen atoms in total. The zero-order valence-corrected chi connectivity index (χ0v) is 6.31. The Morgan fingerprint density at radius 2 is 2.40 bits per heavy atom. The number of nitrogens with one attached hydrogen (secondary N) is 1. The second-order valence-electron chi connectivity index (χ2n) is 2.62. The van der Waals surface area contributed by atoms with Gasteiger partial charge in [0.05, 0.1) is 6.10 Å². The van der Waals surface area contributed by atoms with Crippen LogP contribution < -0.4 is 11.1 Å². The molecule has 1 unspecified atom stereocenters. The number of ether oxygens (including phenoxy) is 1. The van der Waals surface area contributed by atoms with E-state index in [0.717, 1.165) is 32.5 Å². The molecule has 0 radical (unpaired) electrons. The van der Waals surface area contributed by atoms with Crippen molar-refractivity contribution in [3.63, 3.8) is 0 Å². The summed E-state index contributed by atoms with van der Waals surface area (Å²) >= 11 is 0. The van der Waals surface area contributed by atoms with E-state index < -0.39 is 0 Å². The van der Waals surface area contributed by atoms with E-state index in [1.807, 2.05) is 0 Å². The Hall–Kier alpha value is -0.120. The van der Waals surface area contributed by atoms with Crippen LogP contribution in [0.2, 0.25) is 0 Å². The fourth-order valence-corrected chi connectivity index (χ4v) is 1.10. The topological polar surface area (TPSA) is 47.3 Å². The minimum atomic E-state index is 0.285. The molecule has 3 heteroatoms. The minimum Gasteiger partial charge on any atom is -0.377 e. The van der Waals surface area contributed by atoms with Crippen molar-refractivity contribution in [2.75, 3.05) is 26.2 Å². The third kappa shape index (κ3) is 2.64. The van der Waals surface area contributed by atoms with E-state index in [2.05, 4.69) is 5.32 Å². The molecule has 0 aliphatic carbocycles. The number of hydrogen-bond donors (Lipinski definition) is 2. The van der Waals surface area contributed by atoms with Crippen LogP contribution in [0.25, 0.3) is 0 Å². The van der Waals surface area contributed by atoms with Crippen LogP contribution in [0.5, 0.6) is 0 Å². The Bertz CT molecular complexity index is 79.7. The summed E-state index contributed by atoms with van der Waals surface area (Å²) in [5.41, 5.74) is 5.47. The van der Waals surface area contributed by atoms with Gasteiger partial charge in [-0.05, 0) is 25.9 Å². The number of nitrogens with two attached hydrogens (primary N) is 1. The van der Waals surface area contributed by atoms with Crippen molar-refractivity contribution in [1.82, 2.24) is 5.32 Å². The van der Waals surface area contributed by atoms with Gasteiger partial charge < -0.3 is 15.8 Å². The first-order valence-electron chi connectivity index (χ1n) is 3.96. The van der Waals surface area contributed by atoms with E-state index >= 15 is 0 Å². The monoisotopic (exact) mass is 144 g/mol. The second kappa shape index (κ2) is 4.66. The van der Waals surface area contributed by atoms with Gasteiger partial charge in [-0.2, -0.15) is 0 Å². The maximum atomic E-state index is 5.47. The van der Waals surface area contributed by atoms with Gasteiger partial charge in [-0.25, -0.2) is 0 Å². The molecule has 1 aliphatic rings.